The summed E-state index contributed by atoms with van der Waals surface area (Å²) in [5.74, 6) is -0.710. The van der Waals surface area contributed by atoms with Crippen molar-refractivity contribution >= 4 is 56.7 Å². The fraction of sp³-hybridized carbons (Fsp3) is 0.160. The van der Waals surface area contributed by atoms with Crippen molar-refractivity contribution in [3.8, 4) is 0 Å². The maximum absolute atomic E-state index is 12.9. The predicted molar refractivity (Wildman–Crippen MR) is 137 cm³/mol. The molecule has 0 saturated carbocycles. The van der Waals surface area contributed by atoms with Gasteiger partial charge in [-0.05, 0) is 43.0 Å². The molecular weight excluding hydrogens is 482 g/mol. The number of hydrogen-bond acceptors (Lipinski definition) is 8. The van der Waals surface area contributed by atoms with E-state index in [1.807, 2.05) is 71.1 Å². The van der Waals surface area contributed by atoms with Gasteiger partial charge in [-0.2, -0.15) is 0 Å². The van der Waals surface area contributed by atoms with Gasteiger partial charge in [-0.15, -0.1) is 10.2 Å². The third-order valence-corrected chi connectivity index (χ3v) is 7.42. The molecule has 0 aliphatic heterocycles. The third kappa shape index (κ3) is 4.89. The Kier molecular flexibility index (Phi) is 6.47. The largest absolute Gasteiger partial charge is 0.457 e. The van der Waals surface area contributed by atoms with Crippen molar-refractivity contribution in [1.82, 2.24) is 19.6 Å². The number of carbonyl (C=O) groups is 2. The summed E-state index contributed by atoms with van der Waals surface area (Å²) in [7, 11) is 0. The number of thioether (sulfide) groups is 1. The SMILES string of the molecule is Cc1nc(NC(=O)C(C)Sc2nnc3ccc4ccccc4n23)sc1C(=O)OCc1ccccc1. The van der Waals surface area contributed by atoms with Gasteiger partial charge in [0.25, 0.3) is 0 Å². The second-order valence-electron chi connectivity index (χ2n) is 7.81. The summed E-state index contributed by atoms with van der Waals surface area (Å²) in [4.78, 5) is 30.1. The molecule has 0 aliphatic rings. The number of amides is 1. The molecule has 1 atom stereocenters. The number of fused-ring (bicyclic) bond motifs is 3. The molecule has 0 spiro atoms. The van der Waals surface area contributed by atoms with E-state index in [1.54, 1.807) is 13.8 Å². The summed E-state index contributed by atoms with van der Waals surface area (Å²) in [6.07, 6.45) is 0. The Bertz CT molecular complexity index is 1530. The van der Waals surface area contributed by atoms with E-state index in [-0.39, 0.29) is 12.5 Å². The van der Waals surface area contributed by atoms with Crippen molar-refractivity contribution < 1.29 is 14.3 Å². The van der Waals surface area contributed by atoms with Crippen LogP contribution < -0.4 is 5.32 Å². The molecular formula is C25H21N5O3S2. The van der Waals surface area contributed by atoms with Crippen LogP contribution in [-0.4, -0.2) is 36.7 Å². The number of para-hydroxylation sites is 1. The number of esters is 1. The van der Waals surface area contributed by atoms with Crippen LogP contribution in [0.25, 0.3) is 16.6 Å². The highest BCUT2D eigenvalue weighted by atomic mass is 32.2. The maximum atomic E-state index is 12.9. The second-order valence-corrected chi connectivity index (χ2v) is 10.1. The van der Waals surface area contributed by atoms with E-state index in [9.17, 15) is 9.59 Å². The normalized spacial score (nSPS) is 12.1. The van der Waals surface area contributed by atoms with E-state index < -0.39 is 11.2 Å². The van der Waals surface area contributed by atoms with Gasteiger partial charge in [0.05, 0.1) is 16.5 Å². The summed E-state index contributed by atoms with van der Waals surface area (Å²) in [5, 5.41) is 12.9. The maximum Gasteiger partial charge on any atom is 0.350 e. The van der Waals surface area contributed by atoms with Gasteiger partial charge in [0.2, 0.25) is 5.91 Å². The first kappa shape index (κ1) is 23.0. The average molecular weight is 504 g/mol. The van der Waals surface area contributed by atoms with Crippen LogP contribution >= 0.6 is 23.1 Å². The van der Waals surface area contributed by atoms with Crippen LogP contribution in [0.2, 0.25) is 0 Å². The second kappa shape index (κ2) is 9.85. The average Bonchev–Trinajstić information content (AvgIpc) is 3.46. The molecule has 0 saturated heterocycles. The van der Waals surface area contributed by atoms with Crippen molar-refractivity contribution in [3.05, 3.63) is 82.9 Å². The number of aryl methyl sites for hydroxylation is 1. The number of carbonyl (C=O) groups excluding carboxylic acids is 2. The number of nitrogens with zero attached hydrogens (tertiary/aromatic N) is 4. The van der Waals surface area contributed by atoms with E-state index in [1.165, 1.54) is 11.8 Å². The van der Waals surface area contributed by atoms with E-state index in [0.29, 0.717) is 26.5 Å². The summed E-state index contributed by atoms with van der Waals surface area (Å²) >= 11 is 2.41. The number of aromatic nitrogens is 4. The minimum absolute atomic E-state index is 0.174. The molecule has 0 fully saturated rings. The molecule has 1 amide bonds. The Morgan fingerprint density at radius 3 is 2.66 bits per heavy atom. The van der Waals surface area contributed by atoms with Crippen LogP contribution in [0.1, 0.15) is 27.9 Å². The number of anilines is 1. The monoisotopic (exact) mass is 503 g/mol. The lowest BCUT2D eigenvalue weighted by molar-refractivity contribution is -0.115. The molecule has 176 valence electrons. The van der Waals surface area contributed by atoms with Gasteiger partial charge in [-0.3, -0.25) is 9.20 Å². The van der Waals surface area contributed by atoms with Gasteiger partial charge in [-0.1, -0.05) is 71.6 Å². The third-order valence-electron chi connectivity index (χ3n) is 5.32. The Hall–Kier alpha value is -3.76. The minimum Gasteiger partial charge on any atom is -0.457 e. The topological polar surface area (TPSA) is 98.5 Å². The highest BCUT2D eigenvalue weighted by molar-refractivity contribution is 8.00. The Morgan fingerprint density at radius 2 is 1.83 bits per heavy atom. The number of hydrogen-bond donors (Lipinski definition) is 1. The standard InChI is InChI=1S/C25H21N5O3S2/c1-15-21(23(32)33-14-17-8-4-3-5-9-17)35-24(26-15)27-22(31)16(2)34-25-29-28-20-13-12-18-10-6-7-11-19(18)30(20)25/h3-13,16H,14H2,1-2H3,(H,26,27,31). The molecule has 0 bridgehead atoms. The molecule has 2 aromatic carbocycles. The van der Waals surface area contributed by atoms with Crippen LogP contribution in [0.5, 0.6) is 0 Å². The molecule has 0 radical (unpaired) electrons. The van der Waals surface area contributed by atoms with Crippen LogP contribution in [0, 0.1) is 6.92 Å². The van der Waals surface area contributed by atoms with Gasteiger partial charge in [0.1, 0.15) is 11.5 Å². The first-order chi connectivity index (χ1) is 17.0. The highest BCUT2D eigenvalue weighted by Gasteiger charge is 2.22. The zero-order valence-electron chi connectivity index (χ0n) is 19.0. The lowest BCUT2D eigenvalue weighted by Crippen LogP contribution is -2.22. The van der Waals surface area contributed by atoms with Gasteiger partial charge in [0.15, 0.2) is 15.9 Å². The molecule has 1 unspecified atom stereocenters. The van der Waals surface area contributed by atoms with Gasteiger partial charge < -0.3 is 10.1 Å². The van der Waals surface area contributed by atoms with Crippen molar-refractivity contribution in [2.75, 3.05) is 5.32 Å². The lowest BCUT2D eigenvalue weighted by Gasteiger charge is -2.10. The highest BCUT2D eigenvalue weighted by Crippen LogP contribution is 2.28. The number of thiazole rings is 1. The molecule has 5 rings (SSSR count). The molecule has 8 nitrogen and oxygen atoms in total. The fourth-order valence-electron chi connectivity index (χ4n) is 3.54. The summed E-state index contributed by atoms with van der Waals surface area (Å²) < 4.78 is 7.35. The lowest BCUT2D eigenvalue weighted by atomic mass is 10.2. The van der Waals surface area contributed by atoms with E-state index in [4.69, 9.17) is 4.74 Å². The van der Waals surface area contributed by atoms with Crippen LogP contribution in [0.15, 0.2) is 71.9 Å². The summed E-state index contributed by atoms with van der Waals surface area (Å²) in [6, 6.07) is 21.3. The van der Waals surface area contributed by atoms with Gasteiger partial charge >= 0.3 is 5.97 Å². The first-order valence-electron chi connectivity index (χ1n) is 10.9. The van der Waals surface area contributed by atoms with Crippen molar-refractivity contribution in [3.63, 3.8) is 0 Å². The first-order valence-corrected chi connectivity index (χ1v) is 12.6. The summed E-state index contributed by atoms with van der Waals surface area (Å²) in [5.41, 5.74) is 3.10. The molecule has 10 heteroatoms. The molecule has 1 N–H and O–H groups in total. The van der Waals surface area contributed by atoms with Gasteiger partial charge in [-0.25, -0.2) is 9.78 Å². The van der Waals surface area contributed by atoms with Crippen molar-refractivity contribution in [2.24, 2.45) is 0 Å². The number of benzene rings is 2. The molecule has 3 heterocycles. The fourth-order valence-corrected chi connectivity index (χ4v) is 5.27. The van der Waals surface area contributed by atoms with Crippen molar-refractivity contribution in [2.45, 2.75) is 30.9 Å². The zero-order chi connectivity index (χ0) is 24.4. The molecule has 3 aromatic heterocycles. The molecule has 5 aromatic rings. The number of pyridine rings is 1. The Morgan fingerprint density at radius 1 is 1.06 bits per heavy atom. The molecule has 0 aliphatic carbocycles. The van der Waals surface area contributed by atoms with Gasteiger partial charge in [0, 0.05) is 0 Å². The number of ether oxygens (including phenoxy) is 1. The number of rotatable bonds is 7. The smallest absolute Gasteiger partial charge is 0.350 e. The Labute approximate surface area is 209 Å². The van der Waals surface area contributed by atoms with Crippen molar-refractivity contribution in [1.29, 1.82) is 0 Å². The summed E-state index contributed by atoms with van der Waals surface area (Å²) in [6.45, 7) is 3.69. The van der Waals surface area contributed by atoms with Crippen LogP contribution in [0.4, 0.5) is 5.13 Å². The molecule has 35 heavy (non-hydrogen) atoms. The number of nitrogens with one attached hydrogen (secondary N) is 1. The predicted octanol–water partition coefficient (Wildman–Crippen LogP) is 5.12. The van der Waals surface area contributed by atoms with E-state index >= 15 is 0 Å². The van der Waals surface area contributed by atoms with Crippen LogP contribution in [-0.2, 0) is 16.1 Å². The van der Waals surface area contributed by atoms with E-state index in [0.717, 1.165) is 27.8 Å². The van der Waals surface area contributed by atoms with E-state index in [2.05, 4.69) is 20.5 Å². The quantitative estimate of drug-likeness (QED) is 0.243. The minimum atomic E-state index is -0.473. The Balaban J connectivity index is 1.26. The van der Waals surface area contributed by atoms with Crippen LogP contribution in [0.3, 0.4) is 0 Å². The zero-order valence-corrected chi connectivity index (χ0v) is 20.6.